The van der Waals surface area contributed by atoms with Crippen LogP contribution in [0.25, 0.3) is 0 Å². The highest BCUT2D eigenvalue weighted by Gasteiger charge is 2.11. The fourth-order valence-electron chi connectivity index (χ4n) is 1.73. The molecule has 19 heavy (non-hydrogen) atoms. The second-order valence-corrected chi connectivity index (χ2v) is 5.32. The summed E-state index contributed by atoms with van der Waals surface area (Å²) in [6.45, 7) is 6.30. The van der Waals surface area contributed by atoms with Gasteiger partial charge < -0.3 is 11.1 Å². The third-order valence-electron chi connectivity index (χ3n) is 3.02. The van der Waals surface area contributed by atoms with E-state index < -0.39 is 0 Å². The highest BCUT2D eigenvalue weighted by molar-refractivity contribution is 7.09. The van der Waals surface area contributed by atoms with Crippen molar-refractivity contribution in [2.45, 2.75) is 33.9 Å². The van der Waals surface area contributed by atoms with Crippen molar-refractivity contribution in [3.8, 4) is 0 Å². The monoisotopic (exact) mass is 279 g/mol. The lowest BCUT2D eigenvalue weighted by Gasteiger charge is -2.06. The van der Waals surface area contributed by atoms with Gasteiger partial charge >= 0.3 is 0 Å². The number of aromatic nitrogens is 3. The highest BCUT2D eigenvalue weighted by Crippen LogP contribution is 2.14. The molecule has 102 valence electrons. The Morgan fingerprint density at radius 2 is 2.16 bits per heavy atom. The second-order valence-electron chi connectivity index (χ2n) is 4.38. The van der Waals surface area contributed by atoms with Gasteiger partial charge in [0.1, 0.15) is 6.54 Å². The fraction of sp³-hybridized carbons (Fsp3) is 0.417. The first-order valence-electron chi connectivity index (χ1n) is 5.94. The summed E-state index contributed by atoms with van der Waals surface area (Å²) in [6, 6.07) is 0. The lowest BCUT2D eigenvalue weighted by molar-refractivity contribution is -0.122. The zero-order valence-electron chi connectivity index (χ0n) is 11.2. The summed E-state index contributed by atoms with van der Waals surface area (Å²) in [6.07, 6.45) is 0. The Hall–Kier alpha value is -1.89. The van der Waals surface area contributed by atoms with Gasteiger partial charge in [-0.15, -0.1) is 11.3 Å². The summed E-state index contributed by atoms with van der Waals surface area (Å²) >= 11 is 1.54. The molecule has 1 amide bonds. The SMILES string of the molecule is Cc1ncsc1CNC(=O)Cn1nc(C)c(N)c1C. The maximum Gasteiger partial charge on any atom is 0.242 e. The Bertz CT molecular complexity index is 601. The number of amides is 1. The minimum Gasteiger partial charge on any atom is -0.396 e. The van der Waals surface area contributed by atoms with Crippen LogP contribution in [-0.4, -0.2) is 20.7 Å². The summed E-state index contributed by atoms with van der Waals surface area (Å²) < 4.78 is 1.62. The van der Waals surface area contributed by atoms with E-state index in [4.69, 9.17) is 5.73 Å². The van der Waals surface area contributed by atoms with E-state index in [9.17, 15) is 4.79 Å². The third-order valence-corrected chi connectivity index (χ3v) is 3.96. The fourth-order valence-corrected chi connectivity index (χ4v) is 2.45. The van der Waals surface area contributed by atoms with Crippen molar-refractivity contribution in [2.24, 2.45) is 0 Å². The molecule has 0 saturated heterocycles. The van der Waals surface area contributed by atoms with Crippen LogP contribution in [0, 0.1) is 20.8 Å². The molecule has 0 aliphatic carbocycles. The second kappa shape index (κ2) is 5.40. The molecule has 0 aromatic carbocycles. The average molecular weight is 279 g/mol. The van der Waals surface area contributed by atoms with Crippen molar-refractivity contribution < 1.29 is 4.79 Å². The maximum absolute atomic E-state index is 11.9. The van der Waals surface area contributed by atoms with Crippen LogP contribution in [0.15, 0.2) is 5.51 Å². The first kappa shape index (κ1) is 13.5. The van der Waals surface area contributed by atoms with Gasteiger partial charge in [0.2, 0.25) is 5.91 Å². The van der Waals surface area contributed by atoms with Crippen molar-refractivity contribution in [3.05, 3.63) is 27.5 Å². The van der Waals surface area contributed by atoms with E-state index in [1.54, 1.807) is 10.2 Å². The zero-order chi connectivity index (χ0) is 14.0. The predicted octanol–water partition coefficient (Wildman–Crippen LogP) is 1.16. The van der Waals surface area contributed by atoms with E-state index in [0.29, 0.717) is 12.2 Å². The van der Waals surface area contributed by atoms with Gasteiger partial charge in [-0.25, -0.2) is 4.98 Å². The van der Waals surface area contributed by atoms with Crippen molar-refractivity contribution in [1.29, 1.82) is 0 Å². The largest absolute Gasteiger partial charge is 0.396 e. The molecule has 2 aromatic rings. The number of carbonyl (C=O) groups excluding carboxylic acids is 1. The van der Waals surface area contributed by atoms with Gasteiger partial charge in [0.05, 0.1) is 34.8 Å². The van der Waals surface area contributed by atoms with E-state index in [0.717, 1.165) is 22.0 Å². The number of nitrogens with one attached hydrogen (secondary N) is 1. The smallest absolute Gasteiger partial charge is 0.242 e. The number of anilines is 1. The Morgan fingerprint density at radius 1 is 1.42 bits per heavy atom. The van der Waals surface area contributed by atoms with E-state index in [1.165, 1.54) is 11.3 Å². The summed E-state index contributed by atoms with van der Waals surface area (Å²) in [4.78, 5) is 17.1. The topological polar surface area (TPSA) is 85.8 Å². The molecular weight excluding hydrogens is 262 g/mol. The van der Waals surface area contributed by atoms with E-state index >= 15 is 0 Å². The highest BCUT2D eigenvalue weighted by atomic mass is 32.1. The van der Waals surface area contributed by atoms with Crippen LogP contribution < -0.4 is 11.1 Å². The zero-order valence-corrected chi connectivity index (χ0v) is 12.0. The maximum atomic E-state index is 11.9. The standard InChI is InChI=1S/C12H17N5OS/c1-7-10(19-6-15-7)4-14-11(18)5-17-9(3)12(13)8(2)16-17/h6H,4-5,13H2,1-3H3,(H,14,18). The Morgan fingerprint density at radius 3 is 2.68 bits per heavy atom. The van der Waals surface area contributed by atoms with Gasteiger partial charge in [-0.2, -0.15) is 5.10 Å². The number of hydrogen-bond donors (Lipinski definition) is 2. The third kappa shape index (κ3) is 2.93. The minimum absolute atomic E-state index is 0.0848. The van der Waals surface area contributed by atoms with Crippen LogP contribution in [0.1, 0.15) is 22.0 Å². The molecule has 2 aromatic heterocycles. The van der Waals surface area contributed by atoms with Gasteiger partial charge in [0.25, 0.3) is 0 Å². The van der Waals surface area contributed by atoms with Gasteiger partial charge in [-0.3, -0.25) is 9.48 Å². The van der Waals surface area contributed by atoms with Crippen molar-refractivity contribution in [3.63, 3.8) is 0 Å². The Balaban J connectivity index is 1.94. The molecule has 7 heteroatoms. The predicted molar refractivity (Wildman–Crippen MR) is 74.8 cm³/mol. The van der Waals surface area contributed by atoms with Gasteiger partial charge in [-0.05, 0) is 20.8 Å². The van der Waals surface area contributed by atoms with E-state index in [2.05, 4.69) is 15.4 Å². The van der Waals surface area contributed by atoms with Crippen LogP contribution in [0.5, 0.6) is 0 Å². The minimum atomic E-state index is -0.0848. The van der Waals surface area contributed by atoms with E-state index in [1.807, 2.05) is 20.8 Å². The Labute approximate surface area is 115 Å². The molecule has 0 fully saturated rings. The first-order chi connectivity index (χ1) is 8.99. The number of rotatable bonds is 4. The molecule has 3 N–H and O–H groups in total. The quantitative estimate of drug-likeness (QED) is 0.879. The van der Waals surface area contributed by atoms with Gasteiger partial charge in [0, 0.05) is 4.88 Å². The van der Waals surface area contributed by atoms with Crippen LogP contribution in [0.2, 0.25) is 0 Å². The summed E-state index contributed by atoms with van der Waals surface area (Å²) in [7, 11) is 0. The van der Waals surface area contributed by atoms with Crippen molar-refractivity contribution in [2.75, 3.05) is 5.73 Å². The average Bonchev–Trinajstić information content (AvgIpc) is 2.87. The lowest BCUT2D eigenvalue weighted by Crippen LogP contribution is -2.27. The number of hydrogen-bond acceptors (Lipinski definition) is 5. The van der Waals surface area contributed by atoms with E-state index in [-0.39, 0.29) is 12.5 Å². The summed E-state index contributed by atoms with van der Waals surface area (Å²) in [5.74, 6) is -0.0848. The first-order valence-corrected chi connectivity index (χ1v) is 6.82. The molecule has 6 nitrogen and oxygen atoms in total. The van der Waals surface area contributed by atoms with Crippen molar-refractivity contribution in [1.82, 2.24) is 20.1 Å². The van der Waals surface area contributed by atoms with Crippen LogP contribution in [-0.2, 0) is 17.9 Å². The molecule has 0 aliphatic rings. The number of nitrogens with zero attached hydrogens (tertiary/aromatic N) is 3. The molecular formula is C12H17N5OS. The summed E-state index contributed by atoms with van der Waals surface area (Å²) in [5, 5.41) is 7.09. The molecule has 0 unspecified atom stereocenters. The van der Waals surface area contributed by atoms with Crippen LogP contribution >= 0.6 is 11.3 Å². The molecule has 0 saturated carbocycles. The van der Waals surface area contributed by atoms with Crippen molar-refractivity contribution >= 4 is 22.9 Å². The van der Waals surface area contributed by atoms with Crippen LogP contribution in [0.4, 0.5) is 5.69 Å². The molecule has 0 spiro atoms. The number of nitrogens with two attached hydrogens (primary N) is 1. The summed E-state index contributed by atoms with van der Waals surface area (Å²) in [5.41, 5.74) is 10.8. The molecule has 0 bridgehead atoms. The number of aryl methyl sites for hydroxylation is 2. The lowest BCUT2D eigenvalue weighted by atomic mass is 10.3. The number of nitrogen functional groups attached to an aromatic ring is 1. The molecule has 0 atom stereocenters. The molecule has 2 heterocycles. The number of carbonyl (C=O) groups is 1. The van der Waals surface area contributed by atoms with Gasteiger partial charge in [-0.1, -0.05) is 0 Å². The molecule has 0 radical (unpaired) electrons. The molecule has 2 rings (SSSR count). The van der Waals surface area contributed by atoms with Crippen LogP contribution in [0.3, 0.4) is 0 Å². The Kier molecular flexibility index (Phi) is 3.84. The molecule has 0 aliphatic heterocycles. The normalized spacial score (nSPS) is 10.7. The van der Waals surface area contributed by atoms with Gasteiger partial charge in [0.15, 0.2) is 0 Å². The number of thiazole rings is 1.